The molecule has 0 spiro atoms. The first kappa shape index (κ1) is 19.0. The van der Waals surface area contributed by atoms with Crippen molar-refractivity contribution < 1.29 is 0 Å². The topological polar surface area (TPSA) is 52.6 Å². The summed E-state index contributed by atoms with van der Waals surface area (Å²) in [7, 11) is 1.84. The largest absolute Gasteiger partial charge is 0.369 e. The number of thiazole rings is 1. The number of guanidine groups is 1. The van der Waals surface area contributed by atoms with Gasteiger partial charge in [-0.1, -0.05) is 30.0 Å². The number of anilines is 1. The van der Waals surface area contributed by atoms with Gasteiger partial charge in [-0.05, 0) is 31.4 Å². The maximum atomic E-state index is 4.39. The van der Waals surface area contributed by atoms with E-state index in [4.69, 9.17) is 0 Å². The molecule has 0 aliphatic carbocycles. The third kappa shape index (κ3) is 5.92. The lowest BCUT2D eigenvalue weighted by Crippen LogP contribution is -2.51. The molecule has 0 bridgehead atoms. The average Bonchev–Trinajstić information content (AvgIpc) is 3.21. The number of piperidine rings is 1. The van der Waals surface area contributed by atoms with Crippen molar-refractivity contribution in [2.24, 2.45) is 4.99 Å². The van der Waals surface area contributed by atoms with E-state index in [2.05, 4.69) is 55.8 Å². The lowest BCUT2D eigenvalue weighted by atomic mass is 10.1. The minimum Gasteiger partial charge on any atom is -0.369 e. The Kier molecular flexibility index (Phi) is 7.64. The van der Waals surface area contributed by atoms with E-state index >= 15 is 0 Å². The Labute approximate surface area is 164 Å². The fraction of sp³-hybridized carbons (Fsp3) is 0.474. The standard InChI is InChI=1S/C19H27N5S2/c1-20-18(21-10-6-13-25-19-22-11-14-26-19)23-16-7-5-12-24(15-16)17-8-3-2-4-9-17/h2-4,8-9,11,14,16H,5-7,10,12-13,15H2,1H3,(H2,20,21,23). The monoisotopic (exact) mass is 389 g/mol. The van der Waals surface area contributed by atoms with Crippen molar-refractivity contribution >= 4 is 34.7 Å². The van der Waals surface area contributed by atoms with E-state index in [1.807, 2.05) is 30.4 Å². The summed E-state index contributed by atoms with van der Waals surface area (Å²) >= 11 is 3.52. The van der Waals surface area contributed by atoms with Gasteiger partial charge < -0.3 is 15.5 Å². The lowest BCUT2D eigenvalue weighted by Gasteiger charge is -2.35. The van der Waals surface area contributed by atoms with Gasteiger partial charge in [-0.25, -0.2) is 4.98 Å². The van der Waals surface area contributed by atoms with Gasteiger partial charge in [0.1, 0.15) is 4.34 Å². The van der Waals surface area contributed by atoms with Crippen LogP contribution in [-0.2, 0) is 0 Å². The minimum atomic E-state index is 0.430. The number of nitrogens with zero attached hydrogens (tertiary/aromatic N) is 3. The third-order valence-electron chi connectivity index (χ3n) is 4.36. The first-order chi connectivity index (χ1) is 12.8. The second kappa shape index (κ2) is 10.4. The molecule has 1 atom stereocenters. The van der Waals surface area contributed by atoms with E-state index in [0.29, 0.717) is 6.04 Å². The molecule has 5 nitrogen and oxygen atoms in total. The Balaban J connectivity index is 1.38. The average molecular weight is 390 g/mol. The highest BCUT2D eigenvalue weighted by atomic mass is 32.2. The molecule has 1 aliphatic rings. The van der Waals surface area contributed by atoms with Gasteiger partial charge in [-0.3, -0.25) is 4.99 Å². The molecule has 7 heteroatoms. The van der Waals surface area contributed by atoms with E-state index < -0.39 is 0 Å². The molecule has 26 heavy (non-hydrogen) atoms. The number of benzene rings is 1. The molecule has 2 N–H and O–H groups in total. The van der Waals surface area contributed by atoms with Crippen LogP contribution in [0.5, 0.6) is 0 Å². The molecule has 3 rings (SSSR count). The van der Waals surface area contributed by atoms with Crippen molar-refractivity contribution in [1.29, 1.82) is 0 Å². The van der Waals surface area contributed by atoms with Crippen molar-refractivity contribution in [3.05, 3.63) is 41.9 Å². The number of aliphatic imine (C=N–C) groups is 1. The highest BCUT2D eigenvalue weighted by molar-refractivity contribution is 8.00. The van der Waals surface area contributed by atoms with Crippen LogP contribution in [0.25, 0.3) is 0 Å². The summed E-state index contributed by atoms with van der Waals surface area (Å²) in [5.74, 6) is 1.98. The van der Waals surface area contributed by atoms with Crippen molar-refractivity contribution in [2.45, 2.75) is 29.6 Å². The second-order valence-corrected chi connectivity index (χ2v) is 8.50. The van der Waals surface area contributed by atoms with E-state index in [1.54, 1.807) is 11.3 Å². The maximum absolute atomic E-state index is 4.39. The Morgan fingerprint density at radius 2 is 2.27 bits per heavy atom. The summed E-state index contributed by atoms with van der Waals surface area (Å²) in [6.07, 6.45) is 5.34. The predicted molar refractivity (Wildman–Crippen MR) is 114 cm³/mol. The normalized spacial score (nSPS) is 18.0. The number of para-hydroxylation sites is 1. The zero-order chi connectivity index (χ0) is 18.0. The summed E-state index contributed by atoms with van der Waals surface area (Å²) in [5, 5.41) is 9.05. The van der Waals surface area contributed by atoms with Crippen LogP contribution in [0.1, 0.15) is 19.3 Å². The highest BCUT2D eigenvalue weighted by Crippen LogP contribution is 2.21. The van der Waals surface area contributed by atoms with Gasteiger partial charge in [0, 0.05) is 55.7 Å². The van der Waals surface area contributed by atoms with E-state index in [0.717, 1.165) is 42.1 Å². The summed E-state index contributed by atoms with van der Waals surface area (Å²) in [6, 6.07) is 11.1. The zero-order valence-corrected chi connectivity index (χ0v) is 16.9. The number of rotatable bonds is 7. The summed E-state index contributed by atoms with van der Waals surface area (Å²) in [6.45, 7) is 3.07. The van der Waals surface area contributed by atoms with Gasteiger partial charge >= 0.3 is 0 Å². The van der Waals surface area contributed by atoms with Gasteiger partial charge in [0.25, 0.3) is 0 Å². The maximum Gasteiger partial charge on any atom is 0.191 e. The molecule has 0 radical (unpaired) electrons. The van der Waals surface area contributed by atoms with E-state index in [1.165, 1.54) is 18.5 Å². The van der Waals surface area contributed by atoms with Crippen LogP contribution in [0.2, 0.25) is 0 Å². The zero-order valence-electron chi connectivity index (χ0n) is 15.2. The SMILES string of the molecule is CN=C(NCCCSc1nccs1)NC1CCCN(c2ccccc2)C1. The molecule has 2 aromatic rings. The van der Waals surface area contributed by atoms with Crippen LogP contribution >= 0.6 is 23.1 Å². The number of thioether (sulfide) groups is 1. The van der Waals surface area contributed by atoms with Gasteiger partial charge in [0.2, 0.25) is 0 Å². The highest BCUT2D eigenvalue weighted by Gasteiger charge is 2.20. The van der Waals surface area contributed by atoms with Crippen molar-refractivity contribution in [3.63, 3.8) is 0 Å². The first-order valence-electron chi connectivity index (χ1n) is 9.14. The van der Waals surface area contributed by atoms with Crippen molar-refractivity contribution in [1.82, 2.24) is 15.6 Å². The van der Waals surface area contributed by atoms with Gasteiger partial charge in [-0.2, -0.15) is 0 Å². The van der Waals surface area contributed by atoms with Crippen LogP contribution < -0.4 is 15.5 Å². The van der Waals surface area contributed by atoms with E-state index in [-0.39, 0.29) is 0 Å². The molecule has 140 valence electrons. The molecular weight excluding hydrogens is 362 g/mol. The van der Waals surface area contributed by atoms with Crippen LogP contribution in [0.15, 0.2) is 51.2 Å². The quantitative estimate of drug-likeness (QED) is 0.329. The van der Waals surface area contributed by atoms with Crippen LogP contribution in [0, 0.1) is 0 Å². The fourth-order valence-corrected chi connectivity index (χ4v) is 4.72. The first-order valence-corrected chi connectivity index (χ1v) is 11.0. The van der Waals surface area contributed by atoms with Crippen LogP contribution in [0.3, 0.4) is 0 Å². The Morgan fingerprint density at radius 3 is 3.04 bits per heavy atom. The Bertz CT molecular complexity index is 660. The van der Waals surface area contributed by atoms with Gasteiger partial charge in [-0.15, -0.1) is 11.3 Å². The number of hydrogen-bond donors (Lipinski definition) is 2. The Hall–Kier alpha value is -1.73. The molecule has 1 aliphatic heterocycles. The molecular formula is C19H27N5S2. The summed E-state index contributed by atoms with van der Waals surface area (Å²) in [5.41, 5.74) is 1.31. The molecule has 1 aromatic carbocycles. The number of hydrogen-bond acceptors (Lipinski definition) is 5. The van der Waals surface area contributed by atoms with Gasteiger partial charge in [0.15, 0.2) is 5.96 Å². The molecule has 1 saturated heterocycles. The summed E-state index contributed by atoms with van der Waals surface area (Å²) < 4.78 is 1.15. The third-order valence-corrected chi connectivity index (χ3v) is 6.41. The summed E-state index contributed by atoms with van der Waals surface area (Å²) in [4.78, 5) is 11.1. The predicted octanol–water partition coefficient (Wildman–Crippen LogP) is 3.46. The minimum absolute atomic E-state index is 0.430. The van der Waals surface area contributed by atoms with Crippen molar-refractivity contribution in [2.75, 3.05) is 37.3 Å². The molecule has 1 aromatic heterocycles. The number of nitrogens with one attached hydrogen (secondary N) is 2. The molecule has 2 heterocycles. The van der Waals surface area contributed by atoms with E-state index in [9.17, 15) is 0 Å². The molecule has 1 unspecified atom stereocenters. The van der Waals surface area contributed by atoms with Gasteiger partial charge in [0.05, 0.1) is 0 Å². The number of aromatic nitrogens is 1. The molecule has 0 saturated carbocycles. The lowest BCUT2D eigenvalue weighted by molar-refractivity contribution is 0.468. The Morgan fingerprint density at radius 1 is 1.38 bits per heavy atom. The van der Waals surface area contributed by atoms with Crippen molar-refractivity contribution in [3.8, 4) is 0 Å². The molecule has 0 amide bonds. The smallest absolute Gasteiger partial charge is 0.191 e. The van der Waals surface area contributed by atoms with Crippen LogP contribution in [-0.4, -0.2) is 49.4 Å². The fourth-order valence-electron chi connectivity index (χ4n) is 3.08. The molecule has 1 fully saturated rings. The second-order valence-electron chi connectivity index (χ2n) is 6.26. The van der Waals surface area contributed by atoms with Crippen LogP contribution in [0.4, 0.5) is 5.69 Å².